The fourth-order valence-corrected chi connectivity index (χ4v) is 15.4. The van der Waals surface area contributed by atoms with E-state index in [1.54, 1.807) is 71.1 Å². The predicted octanol–water partition coefficient (Wildman–Crippen LogP) is 5.14. The first-order valence-corrected chi connectivity index (χ1v) is 27.1. The summed E-state index contributed by atoms with van der Waals surface area (Å²) in [5.41, 5.74) is 0. The molecule has 0 spiro atoms. The van der Waals surface area contributed by atoms with Crippen LogP contribution in [0.15, 0.2) is 0 Å². The van der Waals surface area contributed by atoms with Gasteiger partial charge in [0.15, 0.2) is 0 Å². The lowest BCUT2D eigenvalue weighted by atomic mass is 9.96. The van der Waals surface area contributed by atoms with E-state index in [0.717, 1.165) is 121 Å². The summed E-state index contributed by atoms with van der Waals surface area (Å²) in [5, 5.41) is 0. The standard InChI is InChI=1S/C34H76N2O12Si4/c1-32(34-31-36(24-17-27-50(40-5,41-6)42-7)25-19-29-52(45-10,46-11)48-34)20-14-12-13-15-21-33-30-35(22-16-26-49(37-2,38-3)39-4)23-18-28-51(43-8,44-9)47-33/h32-34H,12-31H2,1-11H3. The molecule has 3 unspecified atom stereocenters. The maximum atomic E-state index is 6.80. The molecular weight excluding hydrogens is 741 g/mol. The summed E-state index contributed by atoms with van der Waals surface area (Å²) in [5.74, 6) is 0.372. The molecule has 2 fully saturated rings. The van der Waals surface area contributed by atoms with Gasteiger partial charge in [-0.1, -0.05) is 32.6 Å². The Balaban J connectivity index is 1.93. The van der Waals surface area contributed by atoms with Gasteiger partial charge in [-0.15, -0.1) is 0 Å². The minimum Gasteiger partial charge on any atom is -0.377 e. The Kier molecular flexibility index (Phi) is 23.8. The highest BCUT2D eigenvalue weighted by atomic mass is 28.4. The molecule has 0 N–H and O–H groups in total. The lowest BCUT2D eigenvalue weighted by Crippen LogP contribution is -2.53. The Morgan fingerprint density at radius 2 is 1.02 bits per heavy atom. The highest BCUT2D eigenvalue weighted by Gasteiger charge is 2.45. The molecule has 2 heterocycles. The van der Waals surface area contributed by atoms with Crippen LogP contribution in [0.5, 0.6) is 0 Å². The molecule has 2 aliphatic rings. The number of hydrogen-bond acceptors (Lipinski definition) is 14. The zero-order valence-electron chi connectivity index (χ0n) is 34.7. The first-order chi connectivity index (χ1) is 25.0. The van der Waals surface area contributed by atoms with Gasteiger partial charge in [-0.2, -0.15) is 0 Å². The molecule has 52 heavy (non-hydrogen) atoms. The second kappa shape index (κ2) is 25.5. The molecule has 310 valence electrons. The molecule has 0 aliphatic carbocycles. The van der Waals surface area contributed by atoms with Gasteiger partial charge in [-0.3, -0.25) is 0 Å². The summed E-state index contributed by atoms with van der Waals surface area (Å²) in [7, 11) is 6.43. The molecule has 0 aromatic carbocycles. The van der Waals surface area contributed by atoms with Crippen molar-refractivity contribution >= 4 is 35.2 Å². The minimum atomic E-state index is -2.71. The van der Waals surface area contributed by atoms with E-state index in [1.165, 1.54) is 6.42 Å². The van der Waals surface area contributed by atoms with Gasteiger partial charge < -0.3 is 62.9 Å². The summed E-state index contributed by atoms with van der Waals surface area (Å²) < 4.78 is 71.2. The fraction of sp³-hybridized carbons (Fsp3) is 1.00. The van der Waals surface area contributed by atoms with E-state index >= 15 is 0 Å². The van der Waals surface area contributed by atoms with Crippen molar-refractivity contribution in [3.05, 3.63) is 0 Å². The molecule has 2 saturated heterocycles. The Morgan fingerprint density at radius 3 is 1.48 bits per heavy atom. The van der Waals surface area contributed by atoms with Crippen molar-refractivity contribution in [2.75, 3.05) is 110 Å². The first-order valence-electron chi connectivity index (χ1n) is 19.4. The Labute approximate surface area is 321 Å². The van der Waals surface area contributed by atoms with Crippen molar-refractivity contribution in [3.63, 3.8) is 0 Å². The molecule has 14 nitrogen and oxygen atoms in total. The molecule has 0 amide bonds. The van der Waals surface area contributed by atoms with Crippen molar-refractivity contribution in [3.8, 4) is 0 Å². The van der Waals surface area contributed by atoms with Crippen LogP contribution in [-0.2, 0) is 53.1 Å². The molecule has 18 heteroatoms. The molecule has 3 atom stereocenters. The summed E-state index contributed by atoms with van der Waals surface area (Å²) in [6.45, 7) is 7.92. The maximum Gasteiger partial charge on any atom is 0.500 e. The number of hydrogen-bond donors (Lipinski definition) is 0. The van der Waals surface area contributed by atoms with Gasteiger partial charge in [-0.25, -0.2) is 0 Å². The van der Waals surface area contributed by atoms with E-state index < -0.39 is 35.2 Å². The molecule has 0 aromatic heterocycles. The van der Waals surface area contributed by atoms with Crippen LogP contribution in [0.25, 0.3) is 0 Å². The van der Waals surface area contributed by atoms with E-state index in [1.807, 2.05) is 0 Å². The lowest BCUT2D eigenvalue weighted by molar-refractivity contribution is -0.000400. The van der Waals surface area contributed by atoms with Gasteiger partial charge >= 0.3 is 35.2 Å². The van der Waals surface area contributed by atoms with Gasteiger partial charge in [0.25, 0.3) is 0 Å². The topological polar surface area (TPSA) is 117 Å². The van der Waals surface area contributed by atoms with E-state index in [-0.39, 0.29) is 12.2 Å². The summed E-state index contributed by atoms with van der Waals surface area (Å²) in [6.07, 6.45) is 10.6. The van der Waals surface area contributed by atoms with E-state index in [9.17, 15) is 0 Å². The third-order valence-electron chi connectivity index (χ3n) is 11.1. The zero-order valence-corrected chi connectivity index (χ0v) is 38.7. The highest BCUT2D eigenvalue weighted by molar-refractivity contribution is 6.61. The molecule has 0 radical (unpaired) electrons. The van der Waals surface area contributed by atoms with Crippen LogP contribution in [0.3, 0.4) is 0 Å². The molecule has 0 saturated carbocycles. The van der Waals surface area contributed by atoms with Crippen LogP contribution in [-0.4, -0.2) is 168 Å². The lowest BCUT2D eigenvalue weighted by Gasteiger charge is -2.39. The molecule has 2 aliphatic heterocycles. The van der Waals surface area contributed by atoms with Gasteiger partial charge in [-0.05, 0) is 70.6 Å². The van der Waals surface area contributed by atoms with Crippen LogP contribution >= 0.6 is 0 Å². The van der Waals surface area contributed by atoms with Crippen molar-refractivity contribution in [2.45, 2.75) is 108 Å². The normalized spacial score (nSPS) is 23.1. The summed E-state index contributed by atoms with van der Waals surface area (Å²) >= 11 is 0. The Morgan fingerprint density at radius 1 is 0.577 bits per heavy atom. The average Bonchev–Trinajstić information content (AvgIpc) is 3.16. The van der Waals surface area contributed by atoms with Crippen LogP contribution in [0.2, 0.25) is 24.2 Å². The van der Waals surface area contributed by atoms with Gasteiger partial charge in [0.2, 0.25) is 0 Å². The molecular formula is C34H76N2O12Si4. The monoisotopic (exact) mass is 816 g/mol. The smallest absolute Gasteiger partial charge is 0.377 e. The van der Waals surface area contributed by atoms with Crippen LogP contribution < -0.4 is 0 Å². The van der Waals surface area contributed by atoms with Crippen LogP contribution in [0.4, 0.5) is 0 Å². The van der Waals surface area contributed by atoms with Crippen molar-refractivity contribution in [1.29, 1.82) is 0 Å². The van der Waals surface area contributed by atoms with E-state index in [0.29, 0.717) is 5.92 Å². The fourth-order valence-electron chi connectivity index (χ4n) is 7.59. The minimum absolute atomic E-state index is 0.0427. The second-order valence-electron chi connectivity index (χ2n) is 14.2. The van der Waals surface area contributed by atoms with Crippen molar-refractivity contribution in [1.82, 2.24) is 9.80 Å². The van der Waals surface area contributed by atoms with Crippen molar-refractivity contribution in [2.24, 2.45) is 5.92 Å². The summed E-state index contributed by atoms with van der Waals surface area (Å²) in [6, 6.07) is 3.21. The second-order valence-corrected chi connectivity index (χ2v) is 26.2. The number of nitrogens with zero attached hydrogens (tertiary/aromatic N) is 2. The van der Waals surface area contributed by atoms with E-state index in [2.05, 4.69) is 16.7 Å². The highest BCUT2D eigenvalue weighted by Crippen LogP contribution is 2.29. The number of unbranched alkanes of at least 4 members (excludes halogenated alkanes) is 3. The van der Waals surface area contributed by atoms with E-state index in [4.69, 9.17) is 53.1 Å². The van der Waals surface area contributed by atoms with Crippen LogP contribution in [0.1, 0.15) is 71.1 Å². The average molecular weight is 817 g/mol. The third kappa shape index (κ3) is 15.3. The predicted molar refractivity (Wildman–Crippen MR) is 210 cm³/mol. The van der Waals surface area contributed by atoms with Gasteiger partial charge in [0, 0.05) is 108 Å². The third-order valence-corrected chi connectivity index (χ3v) is 22.5. The van der Waals surface area contributed by atoms with Gasteiger partial charge in [0.05, 0.1) is 12.2 Å². The van der Waals surface area contributed by atoms with Gasteiger partial charge in [0.1, 0.15) is 0 Å². The molecule has 0 bridgehead atoms. The quantitative estimate of drug-likeness (QED) is 0.0847. The molecule has 2 rings (SSSR count). The Bertz CT molecular complexity index is 903. The Hall–Kier alpha value is 0.308. The van der Waals surface area contributed by atoms with Crippen molar-refractivity contribution < 1.29 is 53.1 Å². The number of rotatable bonds is 26. The summed E-state index contributed by atoms with van der Waals surface area (Å²) in [4.78, 5) is 5.04. The zero-order chi connectivity index (χ0) is 38.5. The largest absolute Gasteiger partial charge is 0.500 e. The van der Waals surface area contributed by atoms with Crippen LogP contribution in [0, 0.1) is 5.92 Å². The first kappa shape index (κ1) is 48.5. The molecule has 0 aromatic rings. The SMILES string of the molecule is CO[Si](CCCN1CCC[Si](OC)(OC)OC(CCCCCCC(C)C2CN(CCC[Si](OC)(OC)OC)CCC[Si](OC)(OC)O2)C1)(OC)OC. The maximum absolute atomic E-state index is 6.80.